The van der Waals surface area contributed by atoms with Crippen LogP contribution in [0.15, 0.2) is 60.7 Å². The molecule has 166 valence electrons. The van der Waals surface area contributed by atoms with Gasteiger partial charge in [-0.3, -0.25) is 15.0 Å². The Balaban J connectivity index is 1.70. The van der Waals surface area contributed by atoms with Crippen LogP contribution >= 0.6 is 11.6 Å². The summed E-state index contributed by atoms with van der Waals surface area (Å²) < 4.78 is 4.60. The number of carbonyl (C=O) groups is 2. The Morgan fingerprint density at radius 1 is 1.18 bits per heavy atom. The van der Waals surface area contributed by atoms with Crippen LogP contribution < -0.4 is 10.2 Å². The van der Waals surface area contributed by atoms with Crippen LogP contribution in [0.25, 0.3) is 11.0 Å². The number of aliphatic hydroxyl groups is 1. The first-order chi connectivity index (χ1) is 15.8. The number of carbonyl (C=O) groups excluding carboxylic acids is 2. The number of nitrogens with one attached hydrogen (secondary N) is 2. The Kier molecular flexibility index (Phi) is 4.84. The van der Waals surface area contributed by atoms with Crippen LogP contribution in [0.3, 0.4) is 0 Å². The normalized spacial score (nSPS) is 17.3. The summed E-state index contributed by atoms with van der Waals surface area (Å²) in [6.07, 6.45) is -0.661. The smallest absolute Gasteiger partial charge is 0.413 e. The van der Waals surface area contributed by atoms with Gasteiger partial charge in [-0.15, -0.1) is 0 Å². The highest BCUT2D eigenvalue weighted by Crippen LogP contribution is 2.46. The molecule has 3 aromatic carbocycles. The molecule has 9 heteroatoms. The zero-order valence-electron chi connectivity index (χ0n) is 17.7. The Bertz CT molecular complexity index is 1430. The van der Waals surface area contributed by atoms with E-state index in [-0.39, 0.29) is 11.9 Å². The van der Waals surface area contributed by atoms with E-state index >= 15 is 0 Å². The quantitative estimate of drug-likeness (QED) is 0.414. The summed E-state index contributed by atoms with van der Waals surface area (Å²) >= 11 is 6.25. The average molecular weight is 463 g/mol. The SMILES string of the molecule is COC(=O)Nc1nc2cc(C3(O)c4ccccc4C(=O)N3c3cc(Cl)ccc3C)ccc2[nH]1. The highest BCUT2D eigenvalue weighted by Gasteiger charge is 2.51. The maximum Gasteiger partial charge on any atom is 0.413 e. The lowest BCUT2D eigenvalue weighted by molar-refractivity contribution is 0.0703. The van der Waals surface area contributed by atoms with Gasteiger partial charge in [-0.25, -0.2) is 9.78 Å². The number of amides is 2. The lowest BCUT2D eigenvalue weighted by Crippen LogP contribution is -2.45. The molecule has 2 amide bonds. The van der Waals surface area contributed by atoms with Crippen LogP contribution in [-0.4, -0.2) is 34.2 Å². The van der Waals surface area contributed by atoms with Gasteiger partial charge in [0.2, 0.25) is 5.95 Å². The molecule has 0 saturated heterocycles. The molecule has 0 aliphatic carbocycles. The van der Waals surface area contributed by atoms with Crippen molar-refractivity contribution in [3.63, 3.8) is 0 Å². The molecule has 0 saturated carbocycles. The number of H-pyrrole nitrogens is 1. The molecule has 2 heterocycles. The lowest BCUT2D eigenvalue weighted by atomic mass is 9.93. The molecule has 8 nitrogen and oxygen atoms in total. The molecular formula is C24H19ClN4O4. The number of nitrogens with zero attached hydrogens (tertiary/aromatic N) is 2. The minimum Gasteiger partial charge on any atom is -0.453 e. The van der Waals surface area contributed by atoms with E-state index in [1.54, 1.807) is 60.7 Å². The maximum atomic E-state index is 13.5. The standard InChI is InChI=1S/C24H19ClN4O4/c1-13-7-9-15(25)12-20(13)29-21(30)16-5-3-4-6-17(16)24(29,32)14-8-10-18-19(11-14)27-22(26-18)28-23(31)33-2/h3-12,32H,1-2H3,(H2,26,27,28,31). The number of imidazole rings is 1. The van der Waals surface area contributed by atoms with Gasteiger partial charge in [-0.2, -0.15) is 0 Å². The van der Waals surface area contributed by atoms with Crippen molar-refractivity contribution in [1.82, 2.24) is 9.97 Å². The first-order valence-electron chi connectivity index (χ1n) is 10.1. The molecule has 1 aromatic heterocycles. The molecule has 0 bridgehead atoms. The van der Waals surface area contributed by atoms with Crippen molar-refractivity contribution in [3.05, 3.63) is 87.9 Å². The second-order valence-corrected chi connectivity index (χ2v) is 8.16. The number of anilines is 2. The molecule has 1 atom stereocenters. The third-order valence-corrected chi connectivity index (χ3v) is 6.00. The summed E-state index contributed by atoms with van der Waals surface area (Å²) in [6.45, 7) is 1.85. The number of hydrogen-bond acceptors (Lipinski definition) is 5. The van der Waals surface area contributed by atoms with Gasteiger partial charge in [0.1, 0.15) is 0 Å². The molecule has 0 radical (unpaired) electrons. The number of aryl methyl sites for hydroxylation is 1. The number of halogens is 1. The van der Waals surface area contributed by atoms with E-state index in [2.05, 4.69) is 20.0 Å². The first kappa shape index (κ1) is 21.0. The summed E-state index contributed by atoms with van der Waals surface area (Å²) in [5.41, 5.74) is 1.90. The van der Waals surface area contributed by atoms with Gasteiger partial charge in [-0.1, -0.05) is 41.9 Å². The summed E-state index contributed by atoms with van der Waals surface area (Å²) in [5, 5.41) is 15.1. The second-order valence-electron chi connectivity index (χ2n) is 7.72. The first-order valence-corrected chi connectivity index (χ1v) is 10.5. The topological polar surface area (TPSA) is 108 Å². The fourth-order valence-corrected chi connectivity index (χ4v) is 4.35. The highest BCUT2D eigenvalue weighted by molar-refractivity contribution is 6.31. The predicted octanol–water partition coefficient (Wildman–Crippen LogP) is 4.56. The minimum absolute atomic E-state index is 0.200. The third kappa shape index (κ3) is 3.23. The molecule has 1 aliphatic heterocycles. The number of methoxy groups -OCH3 is 1. The highest BCUT2D eigenvalue weighted by atomic mass is 35.5. The van der Waals surface area contributed by atoms with Crippen molar-refractivity contribution in [2.75, 3.05) is 17.3 Å². The van der Waals surface area contributed by atoms with E-state index in [1.807, 2.05) is 6.92 Å². The zero-order valence-corrected chi connectivity index (χ0v) is 18.5. The Labute approximate surface area is 193 Å². The molecule has 0 fully saturated rings. The van der Waals surface area contributed by atoms with E-state index < -0.39 is 11.8 Å². The van der Waals surface area contributed by atoms with Crippen molar-refractivity contribution in [2.24, 2.45) is 0 Å². The van der Waals surface area contributed by atoms with Gasteiger partial charge in [0.05, 0.1) is 23.8 Å². The Morgan fingerprint density at radius 2 is 1.97 bits per heavy atom. The number of aromatic nitrogens is 2. The van der Waals surface area contributed by atoms with Crippen molar-refractivity contribution in [1.29, 1.82) is 0 Å². The Hall–Kier alpha value is -3.88. The van der Waals surface area contributed by atoms with Crippen molar-refractivity contribution in [2.45, 2.75) is 12.6 Å². The summed E-state index contributed by atoms with van der Waals surface area (Å²) in [4.78, 5) is 33.7. The molecule has 4 aromatic rings. The van der Waals surface area contributed by atoms with E-state index in [0.717, 1.165) is 5.56 Å². The summed E-state index contributed by atoms with van der Waals surface area (Å²) in [5.74, 6) is -0.139. The molecular weight excluding hydrogens is 444 g/mol. The molecule has 3 N–H and O–H groups in total. The van der Waals surface area contributed by atoms with Crippen LogP contribution in [0.4, 0.5) is 16.4 Å². The monoisotopic (exact) mass is 462 g/mol. The average Bonchev–Trinajstić information content (AvgIpc) is 3.31. The molecule has 0 spiro atoms. The summed E-state index contributed by atoms with van der Waals surface area (Å²) in [7, 11) is 1.26. The van der Waals surface area contributed by atoms with Gasteiger partial charge >= 0.3 is 6.09 Å². The van der Waals surface area contributed by atoms with Crippen molar-refractivity contribution >= 4 is 46.3 Å². The maximum absolute atomic E-state index is 13.5. The second kappa shape index (κ2) is 7.61. The van der Waals surface area contributed by atoms with Crippen molar-refractivity contribution in [3.8, 4) is 0 Å². The third-order valence-electron chi connectivity index (χ3n) is 5.76. The largest absolute Gasteiger partial charge is 0.453 e. The van der Waals surface area contributed by atoms with Gasteiger partial charge in [0.15, 0.2) is 5.72 Å². The van der Waals surface area contributed by atoms with E-state index in [4.69, 9.17) is 11.6 Å². The predicted molar refractivity (Wildman–Crippen MR) is 125 cm³/mol. The lowest BCUT2D eigenvalue weighted by Gasteiger charge is -2.35. The molecule has 5 rings (SSSR count). The number of hydrogen-bond donors (Lipinski definition) is 3. The fourth-order valence-electron chi connectivity index (χ4n) is 4.18. The number of aromatic amines is 1. The van der Waals surface area contributed by atoms with Crippen LogP contribution in [0.2, 0.25) is 5.02 Å². The Morgan fingerprint density at radius 3 is 2.76 bits per heavy atom. The van der Waals surface area contributed by atoms with Crippen LogP contribution in [0.5, 0.6) is 0 Å². The number of fused-ring (bicyclic) bond motifs is 2. The van der Waals surface area contributed by atoms with Crippen LogP contribution in [0, 0.1) is 6.92 Å². The van der Waals surface area contributed by atoms with Crippen LogP contribution in [0.1, 0.15) is 27.0 Å². The van der Waals surface area contributed by atoms with Crippen LogP contribution in [-0.2, 0) is 10.5 Å². The summed E-state index contributed by atoms with van der Waals surface area (Å²) in [6, 6.07) is 17.3. The molecule has 1 unspecified atom stereocenters. The molecule has 1 aliphatic rings. The molecule has 33 heavy (non-hydrogen) atoms. The number of rotatable bonds is 3. The minimum atomic E-state index is -1.80. The van der Waals surface area contributed by atoms with Crippen molar-refractivity contribution < 1.29 is 19.4 Å². The van der Waals surface area contributed by atoms with E-state index in [0.29, 0.717) is 38.4 Å². The van der Waals surface area contributed by atoms with Gasteiger partial charge < -0.3 is 14.8 Å². The fraction of sp³-hybridized carbons (Fsp3) is 0.125. The van der Waals surface area contributed by atoms with Gasteiger partial charge in [-0.05, 0) is 42.8 Å². The number of benzene rings is 3. The van der Waals surface area contributed by atoms with E-state index in [1.165, 1.54) is 12.0 Å². The zero-order chi connectivity index (χ0) is 23.3. The van der Waals surface area contributed by atoms with Gasteiger partial charge in [0.25, 0.3) is 5.91 Å². The van der Waals surface area contributed by atoms with Gasteiger partial charge in [0, 0.05) is 21.7 Å². The number of ether oxygens (including phenoxy) is 1. The van der Waals surface area contributed by atoms with E-state index in [9.17, 15) is 14.7 Å².